The van der Waals surface area contributed by atoms with E-state index < -0.39 is 75.4 Å². The van der Waals surface area contributed by atoms with Gasteiger partial charge in [-0.05, 0) is 76.4 Å². The molecule has 2 heterocycles. The first kappa shape index (κ1) is 30.6. The first-order valence-electron chi connectivity index (χ1n) is 13.0. The van der Waals surface area contributed by atoms with Gasteiger partial charge in [-0.25, -0.2) is 18.3 Å². The minimum Gasteiger partial charge on any atom is -0.445 e. The largest absolute Gasteiger partial charge is 0.445 e. The SMILES string of the molecule is Cc1cc(Oc2c(F)cc(C(=O)N[C@H](C)C(=O)N3C(C(C)(C)C#N)CC[C@H]3c3cc(F)cc(Cl)c3)cc2F)c(=O)[nH]n1. The zero-order valence-corrected chi connectivity index (χ0v) is 23.9. The standard InChI is InChI=1S/C29H27ClF3N5O4/c1-14-7-23(27(40)37-36-14)42-25-20(32)10-17(11-21(25)33)26(39)35-15(2)28(41)38-22(5-6-24(38)29(3,4)13-34)16-8-18(30)12-19(31)9-16/h7-12,15,22,24H,5-6H2,1-4H3,(H,35,39)(H,37,40)/t15-,22+,24?/m1/s1. The Morgan fingerprint density at radius 2 is 1.83 bits per heavy atom. The van der Waals surface area contributed by atoms with E-state index in [0.717, 1.165) is 6.07 Å². The predicted octanol–water partition coefficient (Wildman–Crippen LogP) is 5.34. The molecule has 0 spiro atoms. The molecule has 0 bridgehead atoms. The summed E-state index contributed by atoms with van der Waals surface area (Å²) in [4.78, 5) is 40.1. The predicted molar refractivity (Wildman–Crippen MR) is 146 cm³/mol. The molecule has 1 aliphatic heterocycles. The summed E-state index contributed by atoms with van der Waals surface area (Å²) in [5, 5.41) is 18.2. The molecule has 2 N–H and O–H groups in total. The van der Waals surface area contributed by atoms with E-state index in [-0.39, 0.29) is 5.02 Å². The molecule has 2 amide bonds. The summed E-state index contributed by atoms with van der Waals surface area (Å²) in [6, 6.07) is 6.35. The highest BCUT2D eigenvalue weighted by molar-refractivity contribution is 6.30. The van der Waals surface area contributed by atoms with Crippen LogP contribution in [0.25, 0.3) is 0 Å². The average Bonchev–Trinajstić information content (AvgIpc) is 3.37. The Hall–Kier alpha value is -4.37. The van der Waals surface area contributed by atoms with Gasteiger partial charge in [0.15, 0.2) is 23.1 Å². The number of nitriles is 1. The van der Waals surface area contributed by atoms with E-state index in [2.05, 4.69) is 21.6 Å². The lowest BCUT2D eigenvalue weighted by Gasteiger charge is -2.38. The van der Waals surface area contributed by atoms with Crippen LogP contribution in [-0.2, 0) is 4.79 Å². The van der Waals surface area contributed by atoms with Crippen molar-refractivity contribution in [2.45, 2.75) is 58.7 Å². The van der Waals surface area contributed by atoms with Crippen molar-refractivity contribution < 1.29 is 27.5 Å². The van der Waals surface area contributed by atoms with Crippen molar-refractivity contribution in [3.8, 4) is 17.6 Å². The number of halogens is 4. The first-order chi connectivity index (χ1) is 19.7. The fourth-order valence-electron chi connectivity index (χ4n) is 5.02. The van der Waals surface area contributed by atoms with E-state index in [0.29, 0.717) is 36.2 Å². The Morgan fingerprint density at radius 1 is 1.17 bits per heavy atom. The number of H-pyrrole nitrogens is 1. The maximum Gasteiger partial charge on any atom is 0.307 e. The zero-order chi connectivity index (χ0) is 30.9. The highest BCUT2D eigenvalue weighted by atomic mass is 35.5. The summed E-state index contributed by atoms with van der Waals surface area (Å²) >= 11 is 6.06. The van der Waals surface area contributed by atoms with E-state index in [1.807, 2.05) is 0 Å². The summed E-state index contributed by atoms with van der Waals surface area (Å²) in [7, 11) is 0. The number of hydrogen-bond acceptors (Lipinski definition) is 6. The van der Waals surface area contributed by atoms with Crippen molar-refractivity contribution in [3.05, 3.63) is 86.0 Å². The lowest BCUT2D eigenvalue weighted by atomic mass is 9.84. The van der Waals surface area contributed by atoms with Crippen LogP contribution in [0.4, 0.5) is 13.2 Å². The number of amides is 2. The van der Waals surface area contributed by atoms with Gasteiger partial charge < -0.3 is 15.0 Å². The van der Waals surface area contributed by atoms with E-state index in [1.54, 1.807) is 13.8 Å². The number of benzene rings is 2. The fraction of sp³-hybridized carbons (Fsp3) is 0.345. The molecule has 1 saturated heterocycles. The van der Waals surface area contributed by atoms with Gasteiger partial charge in [-0.2, -0.15) is 10.4 Å². The third-order valence-electron chi connectivity index (χ3n) is 7.12. The number of nitrogens with one attached hydrogen (secondary N) is 2. The Balaban J connectivity index is 1.58. The molecule has 0 radical (unpaired) electrons. The van der Waals surface area contributed by atoms with Gasteiger partial charge in [0, 0.05) is 16.7 Å². The van der Waals surface area contributed by atoms with Crippen molar-refractivity contribution >= 4 is 23.4 Å². The third kappa shape index (κ3) is 6.26. The topological polar surface area (TPSA) is 128 Å². The van der Waals surface area contributed by atoms with Crippen LogP contribution in [-0.4, -0.2) is 39.0 Å². The molecule has 3 atom stereocenters. The number of nitrogens with zero attached hydrogens (tertiary/aromatic N) is 3. The highest BCUT2D eigenvalue weighted by Gasteiger charge is 2.46. The van der Waals surface area contributed by atoms with E-state index in [1.165, 1.54) is 36.9 Å². The van der Waals surface area contributed by atoms with Gasteiger partial charge in [-0.3, -0.25) is 14.4 Å². The van der Waals surface area contributed by atoms with Crippen molar-refractivity contribution in [2.75, 3.05) is 0 Å². The smallest absolute Gasteiger partial charge is 0.307 e. The van der Waals surface area contributed by atoms with Gasteiger partial charge in [0.25, 0.3) is 5.91 Å². The fourth-order valence-corrected chi connectivity index (χ4v) is 5.25. The van der Waals surface area contributed by atoms with Crippen LogP contribution in [0.3, 0.4) is 0 Å². The van der Waals surface area contributed by atoms with Gasteiger partial charge in [-0.1, -0.05) is 11.6 Å². The number of aromatic amines is 1. The van der Waals surface area contributed by atoms with Crippen molar-refractivity contribution in [1.29, 1.82) is 5.26 Å². The quantitative estimate of drug-likeness (QED) is 0.376. The second kappa shape index (κ2) is 11.9. The summed E-state index contributed by atoms with van der Waals surface area (Å²) in [6.45, 7) is 6.29. The molecule has 1 fully saturated rings. The van der Waals surface area contributed by atoms with Crippen molar-refractivity contribution in [2.24, 2.45) is 5.41 Å². The number of hydrogen-bond donors (Lipinski definition) is 2. The minimum atomic E-state index is -1.26. The number of rotatable bonds is 7. The summed E-state index contributed by atoms with van der Waals surface area (Å²) in [6.07, 6.45) is 0.850. The Labute approximate surface area is 244 Å². The maximum atomic E-state index is 14.8. The minimum absolute atomic E-state index is 0.141. The summed E-state index contributed by atoms with van der Waals surface area (Å²) in [5.74, 6) is -5.94. The van der Waals surface area contributed by atoms with Gasteiger partial charge in [0.2, 0.25) is 5.91 Å². The summed E-state index contributed by atoms with van der Waals surface area (Å²) in [5.41, 5.74) is -1.47. The second-order valence-corrected chi connectivity index (χ2v) is 11.1. The molecule has 4 rings (SSSR count). The van der Waals surface area contributed by atoms with E-state index in [9.17, 15) is 32.8 Å². The zero-order valence-electron chi connectivity index (χ0n) is 23.1. The van der Waals surface area contributed by atoms with Crippen LogP contribution >= 0.6 is 11.6 Å². The Kier molecular flexibility index (Phi) is 8.63. The van der Waals surface area contributed by atoms with Gasteiger partial charge in [0.05, 0.1) is 29.3 Å². The second-order valence-electron chi connectivity index (χ2n) is 10.7. The van der Waals surface area contributed by atoms with Crippen LogP contribution in [0.15, 0.2) is 41.2 Å². The normalized spacial score (nSPS) is 17.5. The van der Waals surface area contributed by atoms with Gasteiger partial charge in [0.1, 0.15) is 11.9 Å². The molecule has 9 nitrogen and oxygen atoms in total. The van der Waals surface area contributed by atoms with Crippen LogP contribution in [0.2, 0.25) is 5.02 Å². The lowest BCUT2D eigenvalue weighted by Crippen LogP contribution is -2.52. The molecule has 0 aliphatic carbocycles. The Morgan fingerprint density at radius 3 is 2.45 bits per heavy atom. The number of aromatic nitrogens is 2. The van der Waals surface area contributed by atoms with Crippen molar-refractivity contribution in [3.63, 3.8) is 0 Å². The maximum absolute atomic E-state index is 14.8. The molecular formula is C29H27ClF3N5O4. The van der Waals surface area contributed by atoms with Crippen molar-refractivity contribution in [1.82, 2.24) is 20.4 Å². The lowest BCUT2D eigenvalue weighted by molar-refractivity contribution is -0.137. The summed E-state index contributed by atoms with van der Waals surface area (Å²) < 4.78 is 49.0. The van der Waals surface area contributed by atoms with Crippen LogP contribution in [0, 0.1) is 41.1 Å². The average molecular weight is 602 g/mol. The molecule has 220 valence electrons. The molecule has 2 aromatic carbocycles. The molecule has 0 saturated carbocycles. The number of ether oxygens (including phenoxy) is 1. The van der Waals surface area contributed by atoms with Gasteiger partial charge >= 0.3 is 5.56 Å². The van der Waals surface area contributed by atoms with Crippen LogP contribution in [0.5, 0.6) is 11.5 Å². The molecule has 1 aromatic heterocycles. The third-order valence-corrected chi connectivity index (χ3v) is 7.34. The monoisotopic (exact) mass is 601 g/mol. The molecule has 42 heavy (non-hydrogen) atoms. The molecular weight excluding hydrogens is 575 g/mol. The number of aryl methyl sites for hydroxylation is 1. The number of carbonyl (C=O) groups is 2. The van der Waals surface area contributed by atoms with E-state index >= 15 is 0 Å². The molecule has 1 unspecified atom stereocenters. The van der Waals surface area contributed by atoms with E-state index in [4.69, 9.17) is 16.3 Å². The number of likely N-dealkylation sites (tertiary alicyclic amines) is 1. The number of carbonyl (C=O) groups excluding carboxylic acids is 2. The first-order valence-corrected chi connectivity index (χ1v) is 13.3. The molecule has 3 aromatic rings. The van der Waals surface area contributed by atoms with Crippen LogP contribution < -0.4 is 15.6 Å². The van der Waals surface area contributed by atoms with Gasteiger partial charge in [-0.15, -0.1) is 0 Å². The highest BCUT2D eigenvalue weighted by Crippen LogP contribution is 2.44. The molecule has 1 aliphatic rings. The van der Waals surface area contributed by atoms with Crippen LogP contribution in [0.1, 0.15) is 61.3 Å². The Bertz CT molecular complexity index is 1610. The molecule has 13 heteroatoms.